The average molecular weight is 292 g/mol. The van der Waals surface area contributed by atoms with Crippen LogP contribution in [0.1, 0.15) is 39.6 Å². The molecule has 112 valence electrons. The number of carboxylic acid groups (broad SMARTS) is 2. The third-order valence-corrected chi connectivity index (χ3v) is 2.95. The lowest BCUT2D eigenvalue weighted by molar-refractivity contribution is -0.117. The molecule has 1 atom stereocenters. The fourth-order valence-corrected chi connectivity index (χ4v) is 1.92. The number of Topliss-reactive ketones (excluding diaryl/α,β-unsaturated/α-hetero) is 1. The molecule has 0 aliphatic carbocycles. The van der Waals surface area contributed by atoms with Gasteiger partial charge in [0.2, 0.25) is 0 Å². The van der Waals surface area contributed by atoms with E-state index in [2.05, 4.69) is 6.58 Å². The maximum atomic E-state index is 11.5. The molecule has 0 radical (unpaired) electrons. The highest BCUT2D eigenvalue weighted by atomic mass is 16.4. The predicted octanol–water partition coefficient (Wildman–Crippen LogP) is 1.52. The number of benzene rings is 1. The van der Waals surface area contributed by atoms with E-state index >= 15 is 0 Å². The first-order valence-corrected chi connectivity index (χ1v) is 6.19. The van der Waals surface area contributed by atoms with Crippen molar-refractivity contribution in [2.75, 3.05) is 0 Å². The largest absolute Gasteiger partial charge is 0.478 e. The Morgan fingerprint density at radius 2 is 1.81 bits per heavy atom. The van der Waals surface area contributed by atoms with E-state index in [-0.39, 0.29) is 35.3 Å². The van der Waals surface area contributed by atoms with Gasteiger partial charge in [0.1, 0.15) is 0 Å². The monoisotopic (exact) mass is 292 g/mol. The minimum Gasteiger partial charge on any atom is -0.478 e. The summed E-state index contributed by atoms with van der Waals surface area (Å²) < 4.78 is 0. The highest BCUT2D eigenvalue weighted by molar-refractivity contribution is 6.02. The first-order chi connectivity index (χ1) is 9.73. The summed E-state index contributed by atoms with van der Waals surface area (Å²) in [6, 6.07) is 4.00. The van der Waals surface area contributed by atoms with E-state index in [1.54, 1.807) is 0 Å². The molecule has 0 bridgehead atoms. The Labute approximate surface area is 121 Å². The number of rotatable bonds is 7. The first-order valence-electron chi connectivity index (χ1n) is 6.19. The number of carbonyl (C=O) groups excluding carboxylic acids is 1. The topological polar surface area (TPSA) is 112 Å². The lowest BCUT2D eigenvalue weighted by Crippen LogP contribution is -2.19. The highest BCUT2D eigenvalue weighted by Crippen LogP contribution is 2.18. The van der Waals surface area contributed by atoms with Gasteiger partial charge in [-0.2, -0.15) is 0 Å². The molecule has 6 heteroatoms. The molecule has 1 unspecified atom stereocenters. The second-order valence-electron chi connectivity index (χ2n) is 4.72. The van der Waals surface area contributed by atoms with E-state index in [0.29, 0.717) is 5.57 Å². The first kappa shape index (κ1) is 16.6. The predicted molar refractivity (Wildman–Crippen MR) is 74.5 cm³/mol. The highest BCUT2D eigenvalue weighted by Gasteiger charge is 2.22. The molecule has 0 amide bonds. The van der Waals surface area contributed by atoms with Gasteiger partial charge in [-0.3, -0.25) is 4.79 Å². The molecule has 0 aromatic heterocycles. The fraction of sp³-hybridized carbons (Fsp3) is 0.267. The van der Waals surface area contributed by atoms with E-state index in [1.807, 2.05) is 0 Å². The van der Waals surface area contributed by atoms with E-state index in [0.717, 1.165) is 0 Å². The fourth-order valence-electron chi connectivity index (χ4n) is 1.92. The van der Waals surface area contributed by atoms with Crippen molar-refractivity contribution in [1.82, 2.24) is 0 Å². The third kappa shape index (κ3) is 4.25. The van der Waals surface area contributed by atoms with E-state index < -0.39 is 18.0 Å². The summed E-state index contributed by atoms with van der Waals surface area (Å²) in [6.45, 7) is 4.98. The quantitative estimate of drug-likeness (QED) is 0.657. The third-order valence-electron chi connectivity index (χ3n) is 2.95. The normalized spacial score (nSPS) is 11.7. The molecule has 6 nitrogen and oxygen atoms in total. The minimum atomic E-state index is -1.39. The maximum absolute atomic E-state index is 11.5. The van der Waals surface area contributed by atoms with Crippen LogP contribution in [0, 0.1) is 0 Å². The molecule has 0 spiro atoms. The smallest absolute Gasteiger partial charge is 0.336 e. The van der Waals surface area contributed by atoms with Crippen molar-refractivity contribution >= 4 is 17.7 Å². The molecule has 0 fully saturated rings. The number of carboxylic acids is 2. The maximum Gasteiger partial charge on any atom is 0.336 e. The standard InChI is InChI=1S/C15H16O6/c1-8(2)12(17)7-10(16)6-9-4-3-5-11(14(18)19)13(9)15(20)21/h3-5,10,16H,1,6-7H2,2H3,(H,18,19)(H,20,21). The summed E-state index contributed by atoms with van der Waals surface area (Å²) in [7, 11) is 0. The number of aliphatic hydroxyl groups is 1. The molecular formula is C15H16O6. The van der Waals surface area contributed by atoms with Crippen LogP contribution in [-0.4, -0.2) is 39.1 Å². The number of aliphatic hydroxyl groups excluding tert-OH is 1. The second-order valence-corrected chi connectivity index (χ2v) is 4.72. The Kier molecular flexibility index (Phi) is 5.37. The molecule has 0 aliphatic rings. The second kappa shape index (κ2) is 6.81. The molecular weight excluding hydrogens is 276 g/mol. The van der Waals surface area contributed by atoms with Gasteiger partial charge in [-0.25, -0.2) is 9.59 Å². The van der Waals surface area contributed by atoms with Crippen LogP contribution in [0.2, 0.25) is 0 Å². The van der Waals surface area contributed by atoms with E-state index in [9.17, 15) is 19.5 Å². The van der Waals surface area contributed by atoms with Crippen molar-refractivity contribution in [1.29, 1.82) is 0 Å². The van der Waals surface area contributed by atoms with Gasteiger partial charge in [-0.1, -0.05) is 18.7 Å². The summed E-state index contributed by atoms with van der Waals surface area (Å²) >= 11 is 0. The Hall–Kier alpha value is -2.47. The van der Waals surface area contributed by atoms with Crippen LogP contribution >= 0.6 is 0 Å². The Balaban J connectivity index is 3.06. The van der Waals surface area contributed by atoms with Crippen LogP contribution in [0.3, 0.4) is 0 Å². The van der Waals surface area contributed by atoms with Crippen molar-refractivity contribution in [2.45, 2.75) is 25.9 Å². The molecule has 0 saturated carbocycles. The average Bonchev–Trinajstić information content (AvgIpc) is 2.37. The van der Waals surface area contributed by atoms with Crippen molar-refractivity contribution in [3.63, 3.8) is 0 Å². The summed E-state index contributed by atoms with van der Waals surface area (Å²) in [6.07, 6.45) is -1.41. The van der Waals surface area contributed by atoms with E-state index in [1.165, 1.54) is 25.1 Å². The Bertz CT molecular complexity index is 602. The number of carbonyl (C=O) groups is 3. The zero-order valence-corrected chi connectivity index (χ0v) is 11.5. The van der Waals surface area contributed by atoms with Crippen LogP contribution in [0.25, 0.3) is 0 Å². The van der Waals surface area contributed by atoms with Gasteiger partial charge in [-0.15, -0.1) is 0 Å². The molecule has 0 heterocycles. The molecule has 3 N–H and O–H groups in total. The molecule has 1 aromatic carbocycles. The number of hydrogen-bond acceptors (Lipinski definition) is 4. The van der Waals surface area contributed by atoms with Crippen LogP contribution in [0.4, 0.5) is 0 Å². The zero-order valence-electron chi connectivity index (χ0n) is 11.5. The molecule has 0 saturated heterocycles. The van der Waals surface area contributed by atoms with Crippen molar-refractivity contribution in [2.24, 2.45) is 0 Å². The molecule has 1 rings (SSSR count). The SMILES string of the molecule is C=C(C)C(=O)CC(O)Cc1cccc(C(=O)O)c1C(=O)O. The zero-order chi connectivity index (χ0) is 16.2. The molecule has 0 aliphatic heterocycles. The minimum absolute atomic E-state index is 0.123. The van der Waals surface area contributed by atoms with Gasteiger partial charge in [0.25, 0.3) is 0 Å². The van der Waals surface area contributed by atoms with Crippen LogP contribution in [-0.2, 0) is 11.2 Å². The Morgan fingerprint density at radius 1 is 1.19 bits per heavy atom. The number of ketones is 1. The van der Waals surface area contributed by atoms with Crippen LogP contribution in [0.15, 0.2) is 30.4 Å². The van der Waals surface area contributed by atoms with Gasteiger partial charge in [0.15, 0.2) is 5.78 Å². The number of allylic oxidation sites excluding steroid dienone is 1. The molecule has 1 aromatic rings. The lowest BCUT2D eigenvalue weighted by atomic mass is 9.94. The number of hydrogen-bond donors (Lipinski definition) is 3. The van der Waals surface area contributed by atoms with Gasteiger partial charge in [0, 0.05) is 6.42 Å². The lowest BCUT2D eigenvalue weighted by Gasteiger charge is -2.13. The van der Waals surface area contributed by atoms with Gasteiger partial charge < -0.3 is 15.3 Å². The van der Waals surface area contributed by atoms with E-state index in [4.69, 9.17) is 10.2 Å². The summed E-state index contributed by atoms with van der Waals surface area (Å²) in [4.78, 5) is 33.7. The van der Waals surface area contributed by atoms with Crippen LogP contribution < -0.4 is 0 Å². The summed E-state index contributed by atoms with van der Waals surface area (Å²) in [5.74, 6) is -3.07. The van der Waals surface area contributed by atoms with Crippen LogP contribution in [0.5, 0.6) is 0 Å². The number of aromatic carboxylic acids is 2. The van der Waals surface area contributed by atoms with Crippen molar-refractivity contribution in [3.8, 4) is 0 Å². The van der Waals surface area contributed by atoms with Gasteiger partial charge in [0.05, 0.1) is 17.2 Å². The summed E-state index contributed by atoms with van der Waals surface area (Å²) in [5.41, 5.74) is -0.249. The van der Waals surface area contributed by atoms with Gasteiger partial charge >= 0.3 is 11.9 Å². The van der Waals surface area contributed by atoms with Crippen molar-refractivity contribution in [3.05, 3.63) is 47.0 Å². The van der Waals surface area contributed by atoms with Gasteiger partial charge in [-0.05, 0) is 30.5 Å². The Morgan fingerprint density at radius 3 is 2.29 bits per heavy atom. The summed E-state index contributed by atoms with van der Waals surface area (Å²) in [5, 5.41) is 28.0. The molecule has 21 heavy (non-hydrogen) atoms. The van der Waals surface area contributed by atoms with Crippen molar-refractivity contribution < 1.29 is 29.7 Å².